The summed E-state index contributed by atoms with van der Waals surface area (Å²) in [5.74, 6) is 1.68. The van der Waals surface area contributed by atoms with E-state index in [4.69, 9.17) is 0 Å². The minimum absolute atomic E-state index is 0.701. The van der Waals surface area contributed by atoms with Crippen LogP contribution < -0.4 is 5.32 Å². The lowest BCUT2D eigenvalue weighted by Crippen LogP contribution is -2.04. The van der Waals surface area contributed by atoms with Gasteiger partial charge in [-0.3, -0.25) is 9.67 Å². The lowest BCUT2D eigenvalue weighted by Gasteiger charge is -2.07. The molecule has 0 saturated heterocycles. The number of thioether (sulfide) groups is 1. The van der Waals surface area contributed by atoms with Crippen molar-refractivity contribution in [2.75, 3.05) is 5.32 Å². The van der Waals surface area contributed by atoms with Crippen molar-refractivity contribution in [3.63, 3.8) is 0 Å². The van der Waals surface area contributed by atoms with Crippen LogP contribution in [0.5, 0.6) is 0 Å². The van der Waals surface area contributed by atoms with Crippen molar-refractivity contribution < 1.29 is 0 Å². The number of hydrogen-bond acceptors (Lipinski definition) is 5. The molecule has 0 aliphatic carbocycles. The Balaban J connectivity index is 1.63. The average molecular weight is 339 g/mol. The van der Waals surface area contributed by atoms with Gasteiger partial charge in [-0.1, -0.05) is 30.3 Å². The number of aromatic nitrogens is 4. The highest BCUT2D eigenvalue weighted by atomic mass is 32.2. The van der Waals surface area contributed by atoms with E-state index in [0.717, 1.165) is 22.3 Å². The minimum Gasteiger partial charge on any atom is -0.365 e. The highest BCUT2D eigenvalue weighted by Crippen LogP contribution is 2.21. The molecule has 0 bridgehead atoms. The number of hydrogen-bond donors (Lipinski definition) is 1. The van der Waals surface area contributed by atoms with E-state index in [1.165, 1.54) is 16.8 Å². The summed E-state index contributed by atoms with van der Waals surface area (Å²) < 4.78 is 1.91. The fourth-order valence-electron chi connectivity index (χ4n) is 2.49. The maximum absolute atomic E-state index is 4.63. The second-order valence-corrected chi connectivity index (χ2v) is 6.64. The number of rotatable bonds is 6. The molecule has 0 amide bonds. The molecule has 0 atom stereocenters. The molecule has 0 saturated carbocycles. The predicted molar refractivity (Wildman–Crippen MR) is 98.0 cm³/mol. The zero-order valence-corrected chi connectivity index (χ0v) is 15.0. The molecule has 0 fully saturated rings. The van der Waals surface area contributed by atoms with E-state index in [2.05, 4.69) is 51.6 Å². The molecule has 0 radical (unpaired) electrons. The first-order valence-corrected chi connectivity index (χ1v) is 8.84. The minimum atomic E-state index is 0.701. The lowest BCUT2D eigenvalue weighted by molar-refractivity contribution is 0.730. The molecule has 2 aromatic heterocycles. The van der Waals surface area contributed by atoms with Gasteiger partial charge in [0.2, 0.25) is 0 Å². The quantitative estimate of drug-likeness (QED) is 0.694. The third kappa shape index (κ3) is 3.94. The summed E-state index contributed by atoms with van der Waals surface area (Å²) in [5, 5.41) is 8.71. The Bertz CT molecular complexity index is 814. The first kappa shape index (κ1) is 16.5. The zero-order valence-electron chi connectivity index (χ0n) is 14.2. The number of nitrogens with one attached hydrogen (secondary N) is 1. The number of benzene rings is 1. The van der Waals surface area contributed by atoms with Crippen molar-refractivity contribution in [3.8, 4) is 0 Å². The van der Waals surface area contributed by atoms with Gasteiger partial charge < -0.3 is 5.32 Å². The Labute approximate surface area is 146 Å². The van der Waals surface area contributed by atoms with Gasteiger partial charge in [-0.25, -0.2) is 4.98 Å². The van der Waals surface area contributed by atoms with Crippen LogP contribution in [0.25, 0.3) is 0 Å². The molecular weight excluding hydrogens is 318 g/mol. The molecule has 0 aliphatic heterocycles. The van der Waals surface area contributed by atoms with Gasteiger partial charge in [-0.05, 0) is 19.4 Å². The molecule has 24 heavy (non-hydrogen) atoms. The van der Waals surface area contributed by atoms with Crippen molar-refractivity contribution >= 4 is 17.6 Å². The molecule has 3 rings (SSSR count). The van der Waals surface area contributed by atoms with E-state index in [1.54, 1.807) is 24.2 Å². The first-order chi connectivity index (χ1) is 11.6. The predicted octanol–water partition coefficient (Wildman–Crippen LogP) is 3.73. The van der Waals surface area contributed by atoms with Gasteiger partial charge in [-0.15, -0.1) is 11.8 Å². The Morgan fingerprint density at radius 2 is 1.92 bits per heavy atom. The lowest BCUT2D eigenvalue weighted by atomic mass is 10.2. The van der Waals surface area contributed by atoms with Crippen molar-refractivity contribution in [2.45, 2.75) is 31.2 Å². The largest absolute Gasteiger partial charge is 0.365 e. The highest BCUT2D eigenvalue weighted by molar-refractivity contribution is 7.98. The highest BCUT2D eigenvalue weighted by Gasteiger charge is 2.09. The molecule has 0 unspecified atom stereocenters. The Hall–Kier alpha value is -2.34. The maximum Gasteiger partial charge on any atom is 0.146 e. The smallest absolute Gasteiger partial charge is 0.146 e. The van der Waals surface area contributed by atoms with Crippen molar-refractivity contribution in [1.82, 2.24) is 19.7 Å². The van der Waals surface area contributed by atoms with Crippen LogP contribution >= 0.6 is 11.8 Å². The van der Waals surface area contributed by atoms with Gasteiger partial charge in [0.1, 0.15) is 10.8 Å². The van der Waals surface area contributed by atoms with Gasteiger partial charge in [0.15, 0.2) is 0 Å². The summed E-state index contributed by atoms with van der Waals surface area (Å²) in [5.41, 5.74) is 4.71. The Morgan fingerprint density at radius 3 is 2.62 bits per heavy atom. The van der Waals surface area contributed by atoms with Crippen LogP contribution in [0.2, 0.25) is 0 Å². The van der Waals surface area contributed by atoms with Gasteiger partial charge >= 0.3 is 0 Å². The molecule has 2 heterocycles. The maximum atomic E-state index is 4.63. The van der Waals surface area contributed by atoms with Crippen LogP contribution in [-0.4, -0.2) is 19.7 Å². The van der Waals surface area contributed by atoms with Crippen molar-refractivity contribution in [1.29, 1.82) is 0 Å². The Morgan fingerprint density at radius 1 is 1.12 bits per heavy atom. The summed E-state index contributed by atoms with van der Waals surface area (Å²) in [4.78, 5) is 8.92. The third-order valence-corrected chi connectivity index (χ3v) is 4.92. The molecule has 0 aliphatic rings. The van der Waals surface area contributed by atoms with Gasteiger partial charge in [0.05, 0.1) is 18.1 Å². The van der Waals surface area contributed by atoms with Crippen LogP contribution in [0.3, 0.4) is 0 Å². The number of anilines is 1. The SMILES string of the molecule is Cc1nn(C)c(C)c1CNc1cncc(SCc2ccccc2)n1. The van der Waals surface area contributed by atoms with E-state index < -0.39 is 0 Å². The summed E-state index contributed by atoms with van der Waals surface area (Å²) >= 11 is 1.69. The number of nitrogens with zero attached hydrogens (tertiary/aromatic N) is 4. The molecular formula is C18H21N5S. The van der Waals surface area contributed by atoms with Crippen molar-refractivity contribution in [3.05, 3.63) is 65.2 Å². The summed E-state index contributed by atoms with van der Waals surface area (Å²) in [7, 11) is 1.96. The summed E-state index contributed by atoms with van der Waals surface area (Å²) in [6, 6.07) is 10.4. The fraction of sp³-hybridized carbons (Fsp3) is 0.278. The van der Waals surface area contributed by atoms with Crippen molar-refractivity contribution in [2.24, 2.45) is 7.05 Å². The van der Waals surface area contributed by atoms with Gasteiger partial charge in [0.25, 0.3) is 0 Å². The molecule has 124 valence electrons. The normalized spacial score (nSPS) is 10.8. The molecule has 0 spiro atoms. The van der Waals surface area contributed by atoms with E-state index in [-0.39, 0.29) is 0 Å². The van der Waals surface area contributed by atoms with E-state index in [1.807, 2.05) is 24.7 Å². The van der Waals surface area contributed by atoms with E-state index in [9.17, 15) is 0 Å². The Kier molecular flexibility index (Phi) is 5.15. The monoisotopic (exact) mass is 339 g/mol. The third-order valence-electron chi connectivity index (χ3n) is 3.95. The summed E-state index contributed by atoms with van der Waals surface area (Å²) in [6.45, 7) is 4.81. The fourth-order valence-corrected chi connectivity index (χ4v) is 3.29. The summed E-state index contributed by atoms with van der Waals surface area (Å²) in [6.07, 6.45) is 3.56. The van der Waals surface area contributed by atoms with E-state index >= 15 is 0 Å². The molecule has 5 nitrogen and oxygen atoms in total. The van der Waals surface area contributed by atoms with Gasteiger partial charge in [0, 0.05) is 30.6 Å². The van der Waals surface area contributed by atoms with Crippen LogP contribution in [0.4, 0.5) is 5.82 Å². The first-order valence-electron chi connectivity index (χ1n) is 7.85. The second-order valence-electron chi connectivity index (χ2n) is 5.64. The molecule has 3 aromatic rings. The van der Waals surface area contributed by atoms with E-state index in [0.29, 0.717) is 6.54 Å². The van der Waals surface area contributed by atoms with Gasteiger partial charge in [-0.2, -0.15) is 5.10 Å². The van der Waals surface area contributed by atoms with Crippen LogP contribution in [-0.2, 0) is 19.3 Å². The second kappa shape index (κ2) is 7.49. The molecule has 1 N–H and O–H groups in total. The van der Waals surface area contributed by atoms with Crippen LogP contribution in [0.15, 0.2) is 47.8 Å². The van der Waals surface area contributed by atoms with Crippen LogP contribution in [0.1, 0.15) is 22.5 Å². The molecule has 6 heteroatoms. The topological polar surface area (TPSA) is 55.6 Å². The zero-order chi connectivity index (χ0) is 16.9. The van der Waals surface area contributed by atoms with Crippen LogP contribution in [0, 0.1) is 13.8 Å². The molecule has 1 aromatic carbocycles. The standard InChI is InChI=1S/C18H21N5S/c1-13-16(14(2)23(3)22-13)9-20-17-10-19-11-18(21-17)24-12-15-7-5-4-6-8-15/h4-8,10-11H,9,12H2,1-3H3,(H,20,21). The average Bonchev–Trinajstić information content (AvgIpc) is 2.85. The number of aryl methyl sites for hydroxylation is 2.